The van der Waals surface area contributed by atoms with Gasteiger partial charge in [-0.3, -0.25) is 9.54 Å². The molecule has 4 rings (SSSR count). The van der Waals surface area contributed by atoms with Crippen molar-refractivity contribution in [3.05, 3.63) is 133 Å². The third-order valence-electron chi connectivity index (χ3n) is 5.32. The third-order valence-corrected chi connectivity index (χ3v) is 9.03. The summed E-state index contributed by atoms with van der Waals surface area (Å²) >= 11 is 0. The smallest absolute Gasteiger partial charge is 0.187 e. The zero-order valence-corrected chi connectivity index (χ0v) is 19.8. The molecule has 0 atom stereocenters. The minimum Gasteiger partial charge on any atom is -0.383 e. The van der Waals surface area contributed by atoms with Gasteiger partial charge in [0.1, 0.15) is 0 Å². The van der Waals surface area contributed by atoms with E-state index in [1.807, 2.05) is 104 Å². The maximum Gasteiger partial charge on any atom is 0.187 e. The molecule has 0 aromatic heterocycles. The minimum absolute atomic E-state index is 0.0289. The quantitative estimate of drug-likeness (QED) is 0.204. The molecule has 4 aromatic rings. The molecule has 0 fully saturated rings. The van der Waals surface area contributed by atoms with Crippen molar-refractivity contribution >= 4 is 34.4 Å². The van der Waals surface area contributed by atoms with Crippen LogP contribution in [0.5, 0.6) is 0 Å². The maximum absolute atomic E-state index is 13.4. The lowest BCUT2D eigenvalue weighted by Gasteiger charge is -2.28. The van der Waals surface area contributed by atoms with Crippen molar-refractivity contribution in [3.8, 4) is 0 Å². The van der Waals surface area contributed by atoms with Gasteiger partial charge in [-0.15, -0.1) is 0 Å². The number of benzene rings is 4. The van der Waals surface area contributed by atoms with E-state index in [4.69, 9.17) is 4.74 Å². The van der Waals surface area contributed by atoms with Crippen LogP contribution in [0.25, 0.3) is 0 Å². The summed E-state index contributed by atoms with van der Waals surface area (Å²) in [6.45, 7) is 0. The fraction of sp³-hybridized carbons (Fsp3) is 0.0690. The largest absolute Gasteiger partial charge is 0.383 e. The van der Waals surface area contributed by atoms with Gasteiger partial charge < -0.3 is 4.90 Å². The molecule has 0 bridgehead atoms. The standard InChI is InChI=1S/C29H27N2OP/c1-31(2)23-22-28(32)27-20-12-13-21-29(27)33(25-16-8-4-9-17-25,26-18-10-5-11-19-26)30-24-14-6-3-7-15-24/h3-23H,1-2H3/b23-22+. The summed E-state index contributed by atoms with van der Waals surface area (Å²) in [5.41, 5.74) is 1.57. The van der Waals surface area contributed by atoms with E-state index >= 15 is 0 Å². The van der Waals surface area contributed by atoms with Crippen molar-refractivity contribution in [2.75, 3.05) is 14.1 Å². The number of carbonyl (C=O) groups excluding carboxylic acids is 1. The number of ketones is 1. The van der Waals surface area contributed by atoms with Gasteiger partial charge in [0.25, 0.3) is 0 Å². The van der Waals surface area contributed by atoms with Crippen molar-refractivity contribution in [2.24, 2.45) is 4.74 Å². The number of nitrogens with zero attached hydrogens (tertiary/aromatic N) is 2. The Hall–Kier alpha value is -3.68. The molecule has 3 nitrogen and oxygen atoms in total. The molecule has 0 heterocycles. The SMILES string of the molecule is CN(C)/C=C/C(=O)c1ccccc1P(=Nc1ccccc1)(c1ccccc1)c1ccccc1. The molecule has 0 radical (unpaired) electrons. The molecule has 4 aromatic carbocycles. The van der Waals surface area contributed by atoms with Gasteiger partial charge in [-0.1, -0.05) is 103 Å². The van der Waals surface area contributed by atoms with Crippen LogP contribution in [0.1, 0.15) is 10.4 Å². The first-order valence-corrected chi connectivity index (χ1v) is 12.6. The van der Waals surface area contributed by atoms with E-state index in [-0.39, 0.29) is 5.78 Å². The normalized spacial score (nSPS) is 11.3. The molecule has 33 heavy (non-hydrogen) atoms. The number of rotatable bonds is 7. The first-order valence-electron chi connectivity index (χ1n) is 10.9. The van der Waals surface area contributed by atoms with Crippen LogP contribution in [0, 0.1) is 0 Å². The molecule has 0 unspecified atom stereocenters. The molecule has 0 amide bonds. The average Bonchev–Trinajstić information content (AvgIpc) is 2.87. The third kappa shape index (κ3) is 4.89. The monoisotopic (exact) mass is 450 g/mol. The summed E-state index contributed by atoms with van der Waals surface area (Å²) < 4.78 is 5.46. The van der Waals surface area contributed by atoms with Gasteiger partial charge in [0.05, 0.1) is 12.7 Å². The molecule has 0 aliphatic carbocycles. The molecule has 164 valence electrons. The number of hydrogen-bond donors (Lipinski definition) is 0. The summed E-state index contributed by atoms with van der Waals surface area (Å²) in [5, 5.41) is 3.17. The Morgan fingerprint density at radius 1 is 0.697 bits per heavy atom. The second kappa shape index (κ2) is 10.3. The highest BCUT2D eigenvalue weighted by atomic mass is 31.2. The first kappa shape index (κ1) is 22.5. The Balaban J connectivity index is 2.12. The second-order valence-corrected chi connectivity index (χ2v) is 10.9. The van der Waals surface area contributed by atoms with Crippen LogP contribution in [-0.2, 0) is 0 Å². The molecular formula is C29H27N2OP. The van der Waals surface area contributed by atoms with Gasteiger partial charge >= 0.3 is 0 Å². The molecule has 0 saturated carbocycles. The van der Waals surface area contributed by atoms with Gasteiger partial charge in [0.15, 0.2) is 5.78 Å². The first-order chi connectivity index (χ1) is 16.1. The Bertz CT molecular complexity index is 1250. The van der Waals surface area contributed by atoms with E-state index in [9.17, 15) is 4.79 Å². The van der Waals surface area contributed by atoms with Gasteiger partial charge in [-0.2, -0.15) is 0 Å². The van der Waals surface area contributed by atoms with Crippen LogP contribution >= 0.6 is 7.05 Å². The van der Waals surface area contributed by atoms with Crippen molar-refractivity contribution in [1.29, 1.82) is 0 Å². The molecular weight excluding hydrogens is 423 g/mol. The van der Waals surface area contributed by atoms with Crippen molar-refractivity contribution < 1.29 is 4.79 Å². The minimum atomic E-state index is -2.56. The van der Waals surface area contributed by atoms with Crippen molar-refractivity contribution in [2.45, 2.75) is 0 Å². The van der Waals surface area contributed by atoms with Crippen molar-refractivity contribution in [1.82, 2.24) is 4.90 Å². The Labute approximate surface area is 196 Å². The Morgan fingerprint density at radius 2 is 1.18 bits per heavy atom. The van der Waals surface area contributed by atoms with Crippen LogP contribution in [0.3, 0.4) is 0 Å². The van der Waals surface area contributed by atoms with E-state index in [1.54, 1.807) is 12.3 Å². The number of hydrogen-bond acceptors (Lipinski definition) is 3. The van der Waals surface area contributed by atoms with Crippen LogP contribution in [-0.4, -0.2) is 24.8 Å². The highest BCUT2D eigenvalue weighted by molar-refractivity contribution is 7.87. The van der Waals surface area contributed by atoms with Gasteiger partial charge in [-0.25, -0.2) is 0 Å². The second-order valence-electron chi connectivity index (χ2n) is 7.90. The van der Waals surface area contributed by atoms with E-state index in [0.29, 0.717) is 5.56 Å². The maximum atomic E-state index is 13.4. The van der Waals surface area contributed by atoms with Crippen LogP contribution < -0.4 is 15.9 Å². The zero-order chi connectivity index (χ0) is 23.1. The summed E-state index contributed by atoms with van der Waals surface area (Å²) in [6.07, 6.45) is 3.42. The van der Waals surface area contributed by atoms with Gasteiger partial charge in [0.2, 0.25) is 0 Å². The highest BCUT2D eigenvalue weighted by Gasteiger charge is 2.30. The molecule has 0 N–H and O–H groups in total. The van der Waals surface area contributed by atoms with Crippen LogP contribution in [0.15, 0.2) is 132 Å². The zero-order valence-electron chi connectivity index (χ0n) is 18.9. The van der Waals surface area contributed by atoms with Gasteiger partial charge in [-0.05, 0) is 12.1 Å². The van der Waals surface area contributed by atoms with E-state index < -0.39 is 7.05 Å². The molecule has 4 heteroatoms. The lowest BCUT2D eigenvalue weighted by molar-refractivity contribution is 0.104. The predicted octanol–water partition coefficient (Wildman–Crippen LogP) is 5.75. The Kier molecular flexibility index (Phi) is 7.02. The molecule has 0 aliphatic heterocycles. The summed E-state index contributed by atoms with van der Waals surface area (Å²) in [4.78, 5) is 15.3. The van der Waals surface area contributed by atoms with Crippen LogP contribution in [0.2, 0.25) is 0 Å². The average molecular weight is 451 g/mol. The van der Waals surface area contributed by atoms with E-state index in [0.717, 1.165) is 21.6 Å². The fourth-order valence-corrected chi connectivity index (χ4v) is 7.54. The fourth-order valence-electron chi connectivity index (χ4n) is 3.82. The number of carbonyl (C=O) groups is 1. The number of allylic oxidation sites excluding steroid dienone is 1. The highest BCUT2D eigenvalue weighted by Crippen LogP contribution is 2.50. The predicted molar refractivity (Wildman–Crippen MR) is 141 cm³/mol. The summed E-state index contributed by atoms with van der Waals surface area (Å²) in [6, 6.07) is 38.7. The lowest BCUT2D eigenvalue weighted by atomic mass is 10.1. The van der Waals surface area contributed by atoms with E-state index in [2.05, 4.69) is 30.3 Å². The van der Waals surface area contributed by atoms with Crippen LogP contribution in [0.4, 0.5) is 5.69 Å². The molecule has 0 spiro atoms. The van der Waals surface area contributed by atoms with E-state index in [1.165, 1.54) is 0 Å². The summed E-state index contributed by atoms with van der Waals surface area (Å²) in [7, 11) is 1.26. The van der Waals surface area contributed by atoms with Crippen molar-refractivity contribution in [3.63, 3.8) is 0 Å². The van der Waals surface area contributed by atoms with Gasteiger partial charge in [0, 0.05) is 47.8 Å². The molecule has 0 aliphatic rings. The Morgan fingerprint density at radius 3 is 1.73 bits per heavy atom. The topological polar surface area (TPSA) is 32.7 Å². The molecule has 0 saturated heterocycles. The lowest BCUT2D eigenvalue weighted by Crippen LogP contribution is -2.29. The summed E-state index contributed by atoms with van der Waals surface area (Å²) in [5.74, 6) is -0.0289.